The number of pyridine rings is 1. The summed E-state index contributed by atoms with van der Waals surface area (Å²) in [6.45, 7) is -1.00. The molecule has 2 aromatic heterocycles. The molecule has 0 bridgehead atoms. The Balaban J connectivity index is 1.72. The van der Waals surface area contributed by atoms with Crippen molar-refractivity contribution in [2.45, 2.75) is 18.1 Å². The lowest BCUT2D eigenvalue weighted by Gasteiger charge is -2.35. The number of alkyl halides is 2. The van der Waals surface area contributed by atoms with E-state index < -0.39 is 52.6 Å². The maximum atomic E-state index is 15.7. The van der Waals surface area contributed by atoms with Gasteiger partial charge in [0.1, 0.15) is 35.3 Å². The SMILES string of the molecule is OC(Cn1cnnn1)(c1ccc(F)cc1F)C(F)(F)c1ccc(C#Cc2cc(F)ccc2F)cn1. The van der Waals surface area contributed by atoms with Crippen LogP contribution in [-0.2, 0) is 18.1 Å². The van der Waals surface area contributed by atoms with Gasteiger partial charge in [0.15, 0.2) is 5.60 Å². The van der Waals surface area contributed by atoms with Crippen molar-refractivity contribution in [3.63, 3.8) is 0 Å². The average molecular weight is 489 g/mol. The first-order valence-corrected chi connectivity index (χ1v) is 9.80. The monoisotopic (exact) mass is 489 g/mol. The highest BCUT2D eigenvalue weighted by atomic mass is 19.3. The summed E-state index contributed by atoms with van der Waals surface area (Å²) in [4.78, 5) is 3.63. The molecule has 178 valence electrons. The Kier molecular flexibility index (Phi) is 6.27. The lowest BCUT2D eigenvalue weighted by Crippen LogP contribution is -2.48. The fourth-order valence-corrected chi connectivity index (χ4v) is 3.26. The van der Waals surface area contributed by atoms with E-state index >= 15 is 8.78 Å². The fraction of sp³-hybridized carbons (Fsp3) is 0.130. The summed E-state index contributed by atoms with van der Waals surface area (Å²) in [6, 6.07) is 6.38. The van der Waals surface area contributed by atoms with E-state index in [4.69, 9.17) is 0 Å². The molecule has 1 unspecified atom stereocenters. The largest absolute Gasteiger partial charge is 0.377 e. The molecule has 0 amide bonds. The van der Waals surface area contributed by atoms with Crippen LogP contribution in [0.5, 0.6) is 0 Å². The molecule has 1 atom stereocenters. The third-order valence-electron chi connectivity index (χ3n) is 5.03. The normalized spacial score (nSPS) is 13.1. The Labute approximate surface area is 193 Å². The molecule has 12 heteroatoms. The van der Waals surface area contributed by atoms with Crippen LogP contribution in [0, 0.1) is 35.1 Å². The number of halogens is 6. The lowest BCUT2D eigenvalue weighted by atomic mass is 9.84. The molecular formula is C23H13F6N5O. The quantitative estimate of drug-likeness (QED) is 0.342. The van der Waals surface area contributed by atoms with E-state index in [0.29, 0.717) is 12.1 Å². The first-order valence-electron chi connectivity index (χ1n) is 9.80. The lowest BCUT2D eigenvalue weighted by molar-refractivity contribution is -0.207. The molecule has 0 saturated carbocycles. The number of benzene rings is 2. The van der Waals surface area contributed by atoms with Gasteiger partial charge in [-0.05, 0) is 52.9 Å². The van der Waals surface area contributed by atoms with Crippen LogP contribution in [0.15, 0.2) is 61.1 Å². The van der Waals surface area contributed by atoms with Gasteiger partial charge in [-0.2, -0.15) is 8.78 Å². The summed E-state index contributed by atoms with van der Waals surface area (Å²) in [6.07, 6.45) is 1.85. The van der Waals surface area contributed by atoms with Gasteiger partial charge in [0.2, 0.25) is 0 Å². The summed E-state index contributed by atoms with van der Waals surface area (Å²) < 4.78 is 87.0. The Morgan fingerprint density at radius 1 is 0.886 bits per heavy atom. The van der Waals surface area contributed by atoms with Crippen molar-refractivity contribution < 1.29 is 31.4 Å². The van der Waals surface area contributed by atoms with Gasteiger partial charge in [-0.1, -0.05) is 11.8 Å². The van der Waals surface area contributed by atoms with Crippen molar-refractivity contribution in [2.75, 3.05) is 0 Å². The third kappa shape index (κ3) is 4.71. The van der Waals surface area contributed by atoms with E-state index in [2.05, 4.69) is 32.4 Å². The van der Waals surface area contributed by atoms with Crippen molar-refractivity contribution in [3.8, 4) is 11.8 Å². The highest BCUT2D eigenvalue weighted by molar-refractivity contribution is 5.43. The second-order valence-corrected chi connectivity index (χ2v) is 7.37. The van der Waals surface area contributed by atoms with Gasteiger partial charge in [0.05, 0.1) is 12.1 Å². The third-order valence-corrected chi connectivity index (χ3v) is 5.03. The second kappa shape index (κ2) is 9.19. The number of rotatable bonds is 5. The summed E-state index contributed by atoms with van der Waals surface area (Å²) in [7, 11) is 0. The van der Waals surface area contributed by atoms with E-state index in [1.54, 1.807) is 0 Å². The van der Waals surface area contributed by atoms with Crippen LogP contribution in [0.3, 0.4) is 0 Å². The van der Waals surface area contributed by atoms with E-state index in [1.807, 2.05) is 0 Å². The van der Waals surface area contributed by atoms with Crippen LogP contribution in [0.4, 0.5) is 26.3 Å². The van der Waals surface area contributed by atoms with E-state index in [-0.39, 0.29) is 11.1 Å². The van der Waals surface area contributed by atoms with Gasteiger partial charge in [-0.25, -0.2) is 22.2 Å². The van der Waals surface area contributed by atoms with Crippen molar-refractivity contribution in [1.82, 2.24) is 25.2 Å². The average Bonchev–Trinajstić information content (AvgIpc) is 3.32. The zero-order valence-corrected chi connectivity index (χ0v) is 17.4. The molecule has 35 heavy (non-hydrogen) atoms. The van der Waals surface area contributed by atoms with Crippen LogP contribution in [0.2, 0.25) is 0 Å². The predicted molar refractivity (Wildman–Crippen MR) is 109 cm³/mol. The molecule has 0 aliphatic heterocycles. The van der Waals surface area contributed by atoms with Crippen LogP contribution in [0.1, 0.15) is 22.4 Å². The standard InChI is InChI=1S/C23H13F6N5O/c24-16-5-7-19(26)15(9-16)3-1-14-2-8-21(30-11-14)23(28,29)22(35,12-34-13-31-32-33-34)18-6-4-17(25)10-20(18)27/h2,4-11,13,35H,12H2. The Morgan fingerprint density at radius 2 is 1.63 bits per heavy atom. The minimum absolute atomic E-state index is 0.0743. The molecule has 0 spiro atoms. The maximum absolute atomic E-state index is 15.7. The highest BCUT2D eigenvalue weighted by Gasteiger charge is 2.57. The van der Waals surface area contributed by atoms with Crippen molar-refractivity contribution in [1.29, 1.82) is 0 Å². The van der Waals surface area contributed by atoms with E-state index in [1.165, 1.54) is 0 Å². The molecule has 0 aliphatic rings. The summed E-state index contributed by atoms with van der Waals surface area (Å²) in [5, 5.41) is 21.1. The molecule has 4 rings (SSSR count). The fourth-order valence-electron chi connectivity index (χ4n) is 3.26. The van der Waals surface area contributed by atoms with E-state index in [0.717, 1.165) is 53.6 Å². The minimum Gasteiger partial charge on any atom is -0.377 e. The van der Waals surface area contributed by atoms with Gasteiger partial charge in [-0.3, -0.25) is 4.98 Å². The molecule has 0 radical (unpaired) electrons. The van der Waals surface area contributed by atoms with Crippen LogP contribution >= 0.6 is 0 Å². The first kappa shape index (κ1) is 23.9. The van der Waals surface area contributed by atoms with Gasteiger partial charge in [0.25, 0.3) is 0 Å². The summed E-state index contributed by atoms with van der Waals surface area (Å²) in [5.41, 5.74) is -5.34. The zero-order valence-electron chi connectivity index (χ0n) is 17.4. The number of hydrogen-bond acceptors (Lipinski definition) is 5. The van der Waals surface area contributed by atoms with Crippen molar-refractivity contribution >= 4 is 0 Å². The second-order valence-electron chi connectivity index (χ2n) is 7.37. The Bertz CT molecular complexity index is 1420. The van der Waals surface area contributed by atoms with Gasteiger partial charge >= 0.3 is 5.92 Å². The summed E-state index contributed by atoms with van der Waals surface area (Å²) >= 11 is 0. The van der Waals surface area contributed by atoms with Crippen LogP contribution in [0.25, 0.3) is 0 Å². The van der Waals surface area contributed by atoms with Crippen molar-refractivity contribution in [2.24, 2.45) is 0 Å². The number of aromatic nitrogens is 5. The molecule has 0 saturated heterocycles. The Hall–Kier alpha value is -4.24. The van der Waals surface area contributed by atoms with Gasteiger partial charge in [0, 0.05) is 23.4 Å². The Morgan fingerprint density at radius 3 is 2.29 bits per heavy atom. The predicted octanol–water partition coefficient (Wildman–Crippen LogP) is 3.70. The number of hydrogen-bond donors (Lipinski definition) is 1. The maximum Gasteiger partial charge on any atom is 0.323 e. The number of nitrogens with zero attached hydrogens (tertiary/aromatic N) is 5. The minimum atomic E-state index is -4.24. The molecule has 1 N–H and O–H groups in total. The van der Waals surface area contributed by atoms with E-state index in [9.17, 15) is 22.7 Å². The summed E-state index contributed by atoms with van der Waals surface area (Å²) in [5.74, 6) is -3.33. The molecule has 6 nitrogen and oxygen atoms in total. The first-order chi connectivity index (χ1) is 16.6. The van der Waals surface area contributed by atoms with Crippen molar-refractivity contribution in [3.05, 3.63) is 107 Å². The highest BCUT2D eigenvalue weighted by Crippen LogP contribution is 2.46. The van der Waals surface area contributed by atoms with Crippen LogP contribution in [-0.4, -0.2) is 30.3 Å². The molecule has 0 aliphatic carbocycles. The molecular weight excluding hydrogens is 476 g/mol. The van der Waals surface area contributed by atoms with Gasteiger partial charge in [-0.15, -0.1) is 5.10 Å². The number of aliphatic hydroxyl groups is 1. The van der Waals surface area contributed by atoms with Crippen LogP contribution < -0.4 is 0 Å². The van der Waals surface area contributed by atoms with Gasteiger partial charge < -0.3 is 5.11 Å². The topological polar surface area (TPSA) is 76.7 Å². The smallest absolute Gasteiger partial charge is 0.323 e. The zero-order chi connectivity index (χ0) is 25.2. The molecule has 0 fully saturated rings. The molecule has 2 aromatic carbocycles. The molecule has 4 aromatic rings. The molecule has 2 heterocycles. The number of tetrazole rings is 1.